The van der Waals surface area contributed by atoms with Gasteiger partial charge in [0, 0.05) is 19.8 Å². The number of unbranched alkanes of at least 4 members (excludes halogenated alkanes) is 3. The highest BCUT2D eigenvalue weighted by Crippen LogP contribution is 2.46. The molecule has 4 atom stereocenters. The lowest BCUT2D eigenvalue weighted by Crippen LogP contribution is -2.43. The molecule has 0 radical (unpaired) electrons. The molecule has 6 nitrogen and oxygen atoms in total. The Hall–Kier alpha value is -0.690. The highest BCUT2D eigenvalue weighted by atomic mass is 16.7. The zero-order valence-electron chi connectivity index (χ0n) is 18.9. The van der Waals surface area contributed by atoms with Crippen LogP contribution in [0.2, 0.25) is 0 Å². The van der Waals surface area contributed by atoms with E-state index in [0.29, 0.717) is 6.61 Å². The molecule has 3 aliphatic rings. The Morgan fingerprint density at radius 2 is 1.63 bits per heavy atom. The summed E-state index contributed by atoms with van der Waals surface area (Å²) in [5.74, 6) is -0.0684. The van der Waals surface area contributed by atoms with Crippen molar-refractivity contribution in [2.45, 2.75) is 115 Å². The number of carbonyl (C=O) groups excluding carboxylic acids is 1. The van der Waals surface area contributed by atoms with Crippen LogP contribution < -0.4 is 0 Å². The third kappa shape index (κ3) is 6.91. The molecule has 0 aromatic rings. The molecule has 0 aromatic heterocycles. The highest BCUT2D eigenvalue weighted by Gasteiger charge is 2.51. The highest BCUT2D eigenvalue weighted by molar-refractivity contribution is 5.78. The lowest BCUT2D eigenvalue weighted by atomic mass is 9.78. The first kappa shape index (κ1) is 24.0. The number of hydrogen-bond acceptors (Lipinski definition) is 6. The van der Waals surface area contributed by atoms with Gasteiger partial charge in [-0.1, -0.05) is 19.3 Å². The topological polar surface area (TPSA) is 63.2 Å². The number of carbonyl (C=O) groups is 1. The zero-order valence-corrected chi connectivity index (χ0v) is 18.9. The Morgan fingerprint density at radius 3 is 2.33 bits per heavy atom. The minimum absolute atomic E-state index is 0.00392. The molecular formula is C24H42O6. The van der Waals surface area contributed by atoms with E-state index in [0.717, 1.165) is 103 Å². The summed E-state index contributed by atoms with van der Waals surface area (Å²) in [6.45, 7) is 4.66. The molecule has 0 N–H and O–H groups in total. The van der Waals surface area contributed by atoms with Gasteiger partial charge in [-0.25, -0.2) is 0 Å². The lowest BCUT2D eigenvalue weighted by Gasteiger charge is -2.36. The van der Waals surface area contributed by atoms with Gasteiger partial charge in [-0.05, 0) is 77.6 Å². The lowest BCUT2D eigenvalue weighted by molar-refractivity contribution is -0.214. The number of esters is 1. The normalized spacial score (nSPS) is 32.2. The summed E-state index contributed by atoms with van der Waals surface area (Å²) < 4.78 is 29.1. The van der Waals surface area contributed by atoms with Crippen molar-refractivity contribution in [2.24, 2.45) is 5.41 Å². The summed E-state index contributed by atoms with van der Waals surface area (Å²) in [5.41, 5.74) is -0.497. The monoisotopic (exact) mass is 426 g/mol. The van der Waals surface area contributed by atoms with E-state index in [4.69, 9.17) is 23.7 Å². The molecule has 174 valence electrons. The van der Waals surface area contributed by atoms with Gasteiger partial charge in [0.2, 0.25) is 0 Å². The molecule has 0 spiro atoms. The van der Waals surface area contributed by atoms with Gasteiger partial charge in [-0.2, -0.15) is 0 Å². The van der Waals surface area contributed by atoms with Crippen LogP contribution in [0.5, 0.6) is 0 Å². The predicted molar refractivity (Wildman–Crippen MR) is 114 cm³/mol. The van der Waals surface area contributed by atoms with Crippen molar-refractivity contribution < 1.29 is 28.5 Å². The molecule has 6 heteroatoms. The average Bonchev–Trinajstić information content (AvgIpc) is 3.18. The fourth-order valence-corrected chi connectivity index (χ4v) is 5.09. The van der Waals surface area contributed by atoms with Crippen LogP contribution in [0.15, 0.2) is 0 Å². The Bertz CT molecular complexity index is 486. The quantitative estimate of drug-likeness (QED) is 0.319. The fraction of sp³-hybridized carbons (Fsp3) is 0.958. The third-order valence-electron chi connectivity index (χ3n) is 6.80. The zero-order chi connectivity index (χ0) is 21.1. The van der Waals surface area contributed by atoms with Crippen molar-refractivity contribution in [1.82, 2.24) is 0 Å². The van der Waals surface area contributed by atoms with Crippen LogP contribution in [0, 0.1) is 5.41 Å². The first-order chi connectivity index (χ1) is 14.7. The van der Waals surface area contributed by atoms with Gasteiger partial charge in [-0.15, -0.1) is 0 Å². The van der Waals surface area contributed by atoms with Gasteiger partial charge in [0.1, 0.15) is 0 Å². The second kappa shape index (κ2) is 13.0. The molecule has 2 heterocycles. The average molecular weight is 427 g/mol. The molecule has 0 amide bonds. The molecule has 3 rings (SSSR count). The second-order valence-electron chi connectivity index (χ2n) is 9.02. The Labute approximate surface area is 182 Å². The summed E-state index contributed by atoms with van der Waals surface area (Å²) in [6.07, 6.45) is 14.2. The van der Waals surface area contributed by atoms with Crippen LogP contribution >= 0.6 is 0 Å². The molecule has 1 aliphatic carbocycles. The summed E-state index contributed by atoms with van der Waals surface area (Å²) in [5, 5.41) is 0. The summed E-state index contributed by atoms with van der Waals surface area (Å²) >= 11 is 0. The van der Waals surface area contributed by atoms with E-state index in [-0.39, 0.29) is 24.7 Å². The van der Waals surface area contributed by atoms with E-state index in [9.17, 15) is 4.79 Å². The van der Waals surface area contributed by atoms with Gasteiger partial charge in [0.25, 0.3) is 0 Å². The molecule has 2 saturated heterocycles. The van der Waals surface area contributed by atoms with Gasteiger partial charge in [0.05, 0.1) is 18.1 Å². The van der Waals surface area contributed by atoms with Gasteiger partial charge in [-0.3, -0.25) is 4.79 Å². The van der Waals surface area contributed by atoms with E-state index >= 15 is 0 Å². The molecule has 2 aliphatic heterocycles. The fourth-order valence-electron chi connectivity index (χ4n) is 5.09. The van der Waals surface area contributed by atoms with Gasteiger partial charge < -0.3 is 23.7 Å². The summed E-state index contributed by atoms with van der Waals surface area (Å²) in [6, 6.07) is 0. The molecule has 0 bridgehead atoms. The second-order valence-corrected chi connectivity index (χ2v) is 9.02. The Balaban J connectivity index is 1.41. The van der Waals surface area contributed by atoms with Crippen LogP contribution in [-0.2, 0) is 28.5 Å². The first-order valence-electron chi connectivity index (χ1n) is 12.4. The van der Waals surface area contributed by atoms with Crippen LogP contribution in [0.25, 0.3) is 0 Å². The molecular weight excluding hydrogens is 384 g/mol. The minimum Gasteiger partial charge on any atom is -0.465 e. The molecule has 30 heavy (non-hydrogen) atoms. The molecule has 3 fully saturated rings. The van der Waals surface area contributed by atoms with Crippen molar-refractivity contribution >= 4 is 5.97 Å². The van der Waals surface area contributed by atoms with Crippen molar-refractivity contribution in [2.75, 3.05) is 26.4 Å². The van der Waals surface area contributed by atoms with E-state index in [2.05, 4.69) is 0 Å². The smallest absolute Gasteiger partial charge is 0.314 e. The Kier molecular flexibility index (Phi) is 10.4. The van der Waals surface area contributed by atoms with Crippen LogP contribution in [0.4, 0.5) is 0 Å². The third-order valence-corrected chi connectivity index (χ3v) is 6.80. The van der Waals surface area contributed by atoms with Crippen LogP contribution in [-0.4, -0.2) is 51.1 Å². The molecule has 0 aromatic carbocycles. The van der Waals surface area contributed by atoms with Crippen molar-refractivity contribution in [3.8, 4) is 0 Å². The van der Waals surface area contributed by atoms with Gasteiger partial charge >= 0.3 is 5.97 Å². The summed E-state index contributed by atoms with van der Waals surface area (Å²) in [4.78, 5) is 13.0. The number of ether oxygens (including phenoxy) is 5. The first-order valence-corrected chi connectivity index (χ1v) is 12.4. The van der Waals surface area contributed by atoms with E-state index in [1.165, 1.54) is 6.42 Å². The number of rotatable bonds is 12. The molecule has 4 unspecified atom stereocenters. The maximum Gasteiger partial charge on any atom is 0.314 e. The maximum atomic E-state index is 13.0. The Morgan fingerprint density at radius 1 is 0.900 bits per heavy atom. The van der Waals surface area contributed by atoms with E-state index in [1.807, 2.05) is 6.92 Å². The van der Waals surface area contributed by atoms with Crippen LogP contribution in [0.3, 0.4) is 0 Å². The summed E-state index contributed by atoms with van der Waals surface area (Å²) in [7, 11) is 0. The van der Waals surface area contributed by atoms with Gasteiger partial charge in [0.15, 0.2) is 12.6 Å². The largest absolute Gasteiger partial charge is 0.465 e. The van der Waals surface area contributed by atoms with Crippen LogP contribution in [0.1, 0.15) is 96.8 Å². The SMILES string of the molecule is CCOC(=O)C1(CCCCCCOC2CCCCO2)CCCC1OC1CCCCO1. The minimum atomic E-state index is -0.497. The molecule has 1 saturated carbocycles. The van der Waals surface area contributed by atoms with E-state index < -0.39 is 5.41 Å². The van der Waals surface area contributed by atoms with Crippen molar-refractivity contribution in [1.29, 1.82) is 0 Å². The van der Waals surface area contributed by atoms with Crippen molar-refractivity contribution in [3.63, 3.8) is 0 Å². The number of hydrogen-bond donors (Lipinski definition) is 0. The predicted octanol–water partition coefficient (Wildman–Crippen LogP) is 5.13. The standard InChI is InChI=1S/C24H42O6/c1-2-26-23(25)24(16-11-12-20(24)30-22-14-6-10-19-29-22)15-7-3-4-8-17-27-21-13-5-9-18-28-21/h20-22H,2-19H2,1H3. The van der Waals surface area contributed by atoms with E-state index in [1.54, 1.807) is 0 Å². The maximum absolute atomic E-state index is 13.0. The van der Waals surface area contributed by atoms with Crippen molar-refractivity contribution in [3.05, 3.63) is 0 Å².